The third-order valence-corrected chi connectivity index (χ3v) is 5.10. The van der Waals surface area contributed by atoms with Gasteiger partial charge in [-0.2, -0.15) is 4.31 Å². The van der Waals surface area contributed by atoms with Crippen molar-refractivity contribution in [2.75, 3.05) is 25.9 Å². The normalized spacial score (nSPS) is 15.6. The van der Waals surface area contributed by atoms with Gasteiger partial charge >= 0.3 is 0 Å². The minimum atomic E-state index is -3.22. The van der Waals surface area contributed by atoms with Crippen LogP contribution >= 0.6 is 0 Å². The van der Waals surface area contributed by atoms with Gasteiger partial charge in [-0.05, 0) is 31.4 Å². The Morgan fingerprint density at radius 2 is 2.00 bits per heavy atom. The number of carbonyl (C=O) groups is 1. The van der Waals surface area contributed by atoms with E-state index in [0.717, 1.165) is 11.1 Å². The Bertz CT molecular complexity index is 639. The summed E-state index contributed by atoms with van der Waals surface area (Å²) in [5.74, 6) is -0.0304. The van der Waals surface area contributed by atoms with Crippen LogP contribution in [0.15, 0.2) is 12.4 Å². The largest absolute Gasteiger partial charge is 0.339 e. The van der Waals surface area contributed by atoms with E-state index in [9.17, 15) is 13.2 Å². The van der Waals surface area contributed by atoms with Gasteiger partial charge in [0.25, 0.3) is 5.91 Å². The highest BCUT2D eigenvalue weighted by Gasteiger charge is 2.27. The van der Waals surface area contributed by atoms with E-state index in [1.54, 1.807) is 17.3 Å². The van der Waals surface area contributed by atoms with Gasteiger partial charge in [0.2, 0.25) is 10.0 Å². The van der Waals surface area contributed by atoms with Crippen LogP contribution in [0.25, 0.3) is 0 Å². The number of hydrogen-bond donors (Lipinski definition) is 0. The molecule has 1 aromatic heterocycles. The number of carbonyl (C=O) groups excluding carboxylic acids is 1. The van der Waals surface area contributed by atoms with E-state index in [1.165, 1.54) is 10.6 Å². The van der Waals surface area contributed by atoms with Gasteiger partial charge < -0.3 is 4.90 Å². The molecule has 21 heavy (non-hydrogen) atoms. The summed E-state index contributed by atoms with van der Waals surface area (Å²) in [5, 5.41) is 0. The molecule has 1 aliphatic rings. The van der Waals surface area contributed by atoms with Crippen LogP contribution in [0.2, 0.25) is 0 Å². The molecule has 1 aromatic rings. The number of sulfonamides is 1. The van der Waals surface area contributed by atoms with Gasteiger partial charge in [0.15, 0.2) is 0 Å². The highest BCUT2D eigenvalue weighted by atomic mass is 32.2. The Morgan fingerprint density at radius 1 is 1.33 bits per heavy atom. The first-order valence-electron chi connectivity index (χ1n) is 7.08. The summed E-state index contributed by atoms with van der Waals surface area (Å²) in [4.78, 5) is 18.4. The molecule has 1 amide bonds. The number of pyridine rings is 1. The minimum absolute atomic E-state index is 0.0304. The fraction of sp³-hybridized carbons (Fsp3) is 0.571. The fourth-order valence-corrected chi connectivity index (χ4v) is 3.41. The molecular formula is C14H21N3O3S. The van der Waals surface area contributed by atoms with Crippen molar-refractivity contribution in [2.45, 2.75) is 26.8 Å². The van der Waals surface area contributed by atoms with E-state index in [0.29, 0.717) is 38.2 Å². The SMILES string of the molecule is CCN(CC)C(=O)c1cncc2c1CCN(S(C)(=O)=O)C2. The molecule has 1 aliphatic heterocycles. The summed E-state index contributed by atoms with van der Waals surface area (Å²) in [7, 11) is -3.22. The van der Waals surface area contributed by atoms with Gasteiger partial charge in [-0.1, -0.05) is 0 Å². The molecule has 116 valence electrons. The van der Waals surface area contributed by atoms with Crippen LogP contribution in [0.4, 0.5) is 0 Å². The minimum Gasteiger partial charge on any atom is -0.339 e. The molecule has 0 aromatic carbocycles. The third kappa shape index (κ3) is 3.24. The second-order valence-electron chi connectivity index (χ2n) is 5.15. The standard InChI is InChI=1S/C14H21N3O3S/c1-4-16(5-2)14(18)13-9-15-8-11-10-17(21(3,19)20)7-6-12(11)13/h8-9H,4-7,10H2,1-3H3. The molecule has 0 N–H and O–H groups in total. The van der Waals surface area contributed by atoms with Crippen LogP contribution in [0, 0.1) is 0 Å². The van der Waals surface area contributed by atoms with Crippen molar-refractivity contribution in [3.05, 3.63) is 29.1 Å². The monoisotopic (exact) mass is 311 g/mol. The highest BCUT2D eigenvalue weighted by molar-refractivity contribution is 7.88. The Balaban J connectivity index is 2.36. The van der Waals surface area contributed by atoms with Crippen molar-refractivity contribution in [1.29, 1.82) is 0 Å². The Hall–Kier alpha value is -1.47. The summed E-state index contributed by atoms with van der Waals surface area (Å²) in [5.41, 5.74) is 2.36. The lowest BCUT2D eigenvalue weighted by molar-refractivity contribution is 0.0771. The van der Waals surface area contributed by atoms with Crippen molar-refractivity contribution in [3.63, 3.8) is 0 Å². The molecule has 0 fully saturated rings. The summed E-state index contributed by atoms with van der Waals surface area (Å²) in [6, 6.07) is 0. The van der Waals surface area contributed by atoms with E-state index in [-0.39, 0.29) is 5.91 Å². The molecule has 0 radical (unpaired) electrons. The van der Waals surface area contributed by atoms with Crippen LogP contribution in [-0.4, -0.2) is 54.4 Å². The molecule has 0 aliphatic carbocycles. The molecule has 2 heterocycles. The zero-order valence-electron chi connectivity index (χ0n) is 12.7. The number of rotatable bonds is 4. The molecule has 0 saturated heterocycles. The maximum atomic E-state index is 12.5. The van der Waals surface area contributed by atoms with E-state index in [2.05, 4.69) is 4.98 Å². The Kier molecular flexibility index (Phi) is 4.63. The third-order valence-electron chi connectivity index (χ3n) is 3.85. The average molecular weight is 311 g/mol. The second kappa shape index (κ2) is 6.11. The molecular weight excluding hydrogens is 290 g/mol. The van der Waals surface area contributed by atoms with Crippen molar-refractivity contribution in [2.24, 2.45) is 0 Å². The summed E-state index contributed by atoms with van der Waals surface area (Å²) in [6.07, 6.45) is 5.00. The van der Waals surface area contributed by atoms with Crippen molar-refractivity contribution >= 4 is 15.9 Å². The smallest absolute Gasteiger partial charge is 0.255 e. The number of amides is 1. The topological polar surface area (TPSA) is 70.6 Å². The summed E-state index contributed by atoms with van der Waals surface area (Å²) in [6.45, 7) is 5.88. The van der Waals surface area contributed by atoms with Crippen molar-refractivity contribution < 1.29 is 13.2 Å². The first kappa shape index (κ1) is 15.9. The second-order valence-corrected chi connectivity index (χ2v) is 7.13. The molecule has 7 heteroatoms. The van der Waals surface area contributed by atoms with E-state index in [4.69, 9.17) is 0 Å². The highest BCUT2D eigenvalue weighted by Crippen LogP contribution is 2.24. The fourth-order valence-electron chi connectivity index (χ4n) is 2.62. The van der Waals surface area contributed by atoms with E-state index >= 15 is 0 Å². The summed E-state index contributed by atoms with van der Waals surface area (Å²) < 4.78 is 24.7. The molecule has 0 unspecified atom stereocenters. The first-order chi connectivity index (χ1) is 9.88. The van der Waals surface area contributed by atoms with Gasteiger partial charge in [-0.15, -0.1) is 0 Å². The van der Waals surface area contributed by atoms with Crippen molar-refractivity contribution in [1.82, 2.24) is 14.2 Å². The Labute approximate surface area is 125 Å². The zero-order chi connectivity index (χ0) is 15.6. The molecule has 2 rings (SSSR count). The van der Waals surface area contributed by atoms with Crippen LogP contribution in [0.3, 0.4) is 0 Å². The Morgan fingerprint density at radius 3 is 2.57 bits per heavy atom. The molecule has 0 atom stereocenters. The van der Waals surface area contributed by atoms with E-state index < -0.39 is 10.0 Å². The molecule has 6 nitrogen and oxygen atoms in total. The lowest BCUT2D eigenvalue weighted by Crippen LogP contribution is -2.37. The van der Waals surface area contributed by atoms with Gasteiger partial charge in [0.05, 0.1) is 11.8 Å². The average Bonchev–Trinajstić information content (AvgIpc) is 2.46. The molecule has 0 saturated carbocycles. The van der Waals surface area contributed by atoms with Gasteiger partial charge in [-0.3, -0.25) is 9.78 Å². The van der Waals surface area contributed by atoms with Crippen LogP contribution in [0.5, 0.6) is 0 Å². The predicted octanol–water partition coefficient (Wildman–Crippen LogP) is 0.881. The van der Waals surface area contributed by atoms with Gasteiger partial charge in [0, 0.05) is 38.6 Å². The first-order valence-corrected chi connectivity index (χ1v) is 8.93. The number of aromatic nitrogens is 1. The van der Waals surface area contributed by atoms with Crippen LogP contribution in [-0.2, 0) is 23.0 Å². The lowest BCUT2D eigenvalue weighted by Gasteiger charge is -2.28. The number of nitrogens with zero attached hydrogens (tertiary/aromatic N) is 3. The van der Waals surface area contributed by atoms with Crippen molar-refractivity contribution in [3.8, 4) is 0 Å². The lowest BCUT2D eigenvalue weighted by atomic mass is 9.97. The van der Waals surface area contributed by atoms with Gasteiger partial charge in [-0.25, -0.2) is 8.42 Å². The maximum absolute atomic E-state index is 12.5. The number of hydrogen-bond acceptors (Lipinski definition) is 4. The van der Waals surface area contributed by atoms with Crippen LogP contribution in [0.1, 0.15) is 35.3 Å². The number of fused-ring (bicyclic) bond motifs is 1. The zero-order valence-corrected chi connectivity index (χ0v) is 13.5. The maximum Gasteiger partial charge on any atom is 0.255 e. The van der Waals surface area contributed by atoms with E-state index in [1.807, 2.05) is 13.8 Å². The quantitative estimate of drug-likeness (QED) is 0.827. The predicted molar refractivity (Wildman–Crippen MR) is 80.4 cm³/mol. The molecule has 0 bridgehead atoms. The molecule has 0 spiro atoms. The summed E-state index contributed by atoms with van der Waals surface area (Å²) >= 11 is 0. The van der Waals surface area contributed by atoms with Gasteiger partial charge in [0.1, 0.15) is 0 Å². The van der Waals surface area contributed by atoms with Crippen LogP contribution < -0.4 is 0 Å².